The van der Waals surface area contributed by atoms with Crippen molar-refractivity contribution in [2.24, 2.45) is 0 Å². The fourth-order valence-corrected chi connectivity index (χ4v) is 2.83. The van der Waals surface area contributed by atoms with Gasteiger partial charge in [-0.15, -0.1) is 0 Å². The fourth-order valence-electron chi connectivity index (χ4n) is 2.35. The zero-order valence-electron chi connectivity index (χ0n) is 8.89. The van der Waals surface area contributed by atoms with Gasteiger partial charge in [-0.2, -0.15) is 5.10 Å². The van der Waals surface area contributed by atoms with Crippen LogP contribution in [0.3, 0.4) is 0 Å². The molecular formula is C11H12BrN3O. The van der Waals surface area contributed by atoms with Crippen LogP contribution in [0.25, 0.3) is 10.9 Å². The first-order valence-corrected chi connectivity index (χ1v) is 6.06. The van der Waals surface area contributed by atoms with Gasteiger partial charge in [0.2, 0.25) is 0 Å². The van der Waals surface area contributed by atoms with Gasteiger partial charge in [-0.05, 0) is 41.8 Å². The van der Waals surface area contributed by atoms with Crippen LogP contribution in [0.2, 0.25) is 0 Å². The minimum atomic E-state index is -0.525. The van der Waals surface area contributed by atoms with Crippen molar-refractivity contribution in [3.05, 3.63) is 23.1 Å². The van der Waals surface area contributed by atoms with Crippen molar-refractivity contribution < 1.29 is 5.11 Å². The topological polar surface area (TPSA) is 50.9 Å². The van der Waals surface area contributed by atoms with Gasteiger partial charge in [0.05, 0.1) is 22.5 Å². The first-order chi connectivity index (χ1) is 7.57. The molecule has 2 aromatic rings. The molecule has 4 nitrogen and oxygen atoms in total. The first-order valence-electron chi connectivity index (χ1n) is 5.27. The van der Waals surface area contributed by atoms with Gasteiger partial charge in [-0.25, -0.2) is 0 Å². The highest BCUT2D eigenvalue weighted by Gasteiger charge is 2.40. The van der Waals surface area contributed by atoms with E-state index >= 15 is 0 Å². The molecule has 0 atom stereocenters. The van der Waals surface area contributed by atoms with Crippen molar-refractivity contribution in [1.29, 1.82) is 0 Å². The van der Waals surface area contributed by atoms with Crippen LogP contribution in [0.4, 0.5) is 0 Å². The monoisotopic (exact) mass is 281 g/mol. The quantitative estimate of drug-likeness (QED) is 0.873. The highest BCUT2D eigenvalue weighted by Crippen LogP contribution is 2.42. The van der Waals surface area contributed by atoms with E-state index < -0.39 is 5.60 Å². The third kappa shape index (κ3) is 1.46. The van der Waals surface area contributed by atoms with E-state index in [1.54, 1.807) is 12.4 Å². The fraction of sp³-hybridized carbons (Fsp3) is 0.455. The largest absolute Gasteiger partial charge is 0.390 e. The van der Waals surface area contributed by atoms with Crippen LogP contribution < -0.4 is 0 Å². The van der Waals surface area contributed by atoms with E-state index in [9.17, 15) is 5.11 Å². The summed E-state index contributed by atoms with van der Waals surface area (Å²) < 4.78 is 2.81. The molecule has 1 aliphatic rings. The number of pyridine rings is 1. The van der Waals surface area contributed by atoms with Crippen LogP contribution in [0.5, 0.6) is 0 Å². The van der Waals surface area contributed by atoms with E-state index in [1.807, 2.05) is 17.7 Å². The number of fused-ring (bicyclic) bond motifs is 1. The second-order valence-electron chi connectivity index (χ2n) is 4.69. The zero-order valence-corrected chi connectivity index (χ0v) is 10.5. The van der Waals surface area contributed by atoms with Crippen LogP contribution >= 0.6 is 15.9 Å². The van der Waals surface area contributed by atoms with Crippen LogP contribution in [-0.2, 0) is 0 Å². The van der Waals surface area contributed by atoms with Gasteiger partial charge in [0.25, 0.3) is 0 Å². The Morgan fingerprint density at radius 1 is 1.56 bits per heavy atom. The van der Waals surface area contributed by atoms with Crippen LogP contribution in [0.1, 0.15) is 25.8 Å². The van der Waals surface area contributed by atoms with Crippen molar-refractivity contribution >= 4 is 26.8 Å². The van der Waals surface area contributed by atoms with E-state index in [4.69, 9.17) is 0 Å². The summed E-state index contributed by atoms with van der Waals surface area (Å²) in [4.78, 5) is 4.09. The van der Waals surface area contributed by atoms with Gasteiger partial charge >= 0.3 is 0 Å². The molecule has 0 amide bonds. The maximum atomic E-state index is 9.76. The lowest BCUT2D eigenvalue weighted by Crippen LogP contribution is -2.42. The summed E-state index contributed by atoms with van der Waals surface area (Å²) in [6.45, 7) is 1.87. The molecule has 0 aliphatic heterocycles. The molecule has 3 rings (SSSR count). The number of hydrogen-bond acceptors (Lipinski definition) is 3. The normalized spacial score (nSPS) is 29.3. The summed E-state index contributed by atoms with van der Waals surface area (Å²) >= 11 is 3.43. The number of nitrogens with zero attached hydrogens (tertiary/aromatic N) is 3. The molecule has 0 saturated heterocycles. The van der Waals surface area contributed by atoms with E-state index in [0.717, 1.165) is 28.3 Å². The molecule has 0 aromatic carbocycles. The van der Waals surface area contributed by atoms with Crippen LogP contribution in [0, 0.1) is 0 Å². The maximum absolute atomic E-state index is 9.76. The molecule has 1 saturated carbocycles. The number of halogens is 1. The summed E-state index contributed by atoms with van der Waals surface area (Å²) in [6, 6.07) is 2.26. The minimum absolute atomic E-state index is 0.297. The molecule has 2 aromatic heterocycles. The Labute approximate surface area is 101 Å². The first kappa shape index (κ1) is 10.2. The summed E-state index contributed by atoms with van der Waals surface area (Å²) in [6.07, 6.45) is 5.10. The van der Waals surface area contributed by atoms with Gasteiger partial charge < -0.3 is 5.11 Å². The number of aliphatic hydroxyl groups is 1. The van der Waals surface area contributed by atoms with Gasteiger partial charge in [0.15, 0.2) is 0 Å². The number of aromatic nitrogens is 3. The molecule has 0 radical (unpaired) electrons. The Balaban J connectivity index is 2.05. The van der Waals surface area contributed by atoms with Crippen molar-refractivity contribution in [3.8, 4) is 0 Å². The summed E-state index contributed by atoms with van der Waals surface area (Å²) in [5.74, 6) is 0. The molecule has 5 heteroatoms. The Kier molecular flexibility index (Phi) is 2.09. The van der Waals surface area contributed by atoms with Crippen molar-refractivity contribution in [2.45, 2.75) is 31.4 Å². The van der Waals surface area contributed by atoms with Crippen LogP contribution in [-0.4, -0.2) is 25.5 Å². The Hall–Kier alpha value is -0.940. The highest BCUT2D eigenvalue weighted by molar-refractivity contribution is 9.10. The predicted molar refractivity (Wildman–Crippen MR) is 64.1 cm³/mol. The molecule has 2 heterocycles. The van der Waals surface area contributed by atoms with Crippen molar-refractivity contribution in [1.82, 2.24) is 14.8 Å². The maximum Gasteiger partial charge on any atom is 0.137 e. The summed E-state index contributed by atoms with van der Waals surface area (Å²) in [7, 11) is 0. The van der Waals surface area contributed by atoms with Gasteiger partial charge in [0, 0.05) is 12.4 Å². The molecule has 1 fully saturated rings. The average molecular weight is 282 g/mol. The average Bonchev–Trinajstić information content (AvgIpc) is 2.53. The third-order valence-electron chi connectivity index (χ3n) is 3.16. The van der Waals surface area contributed by atoms with E-state index in [2.05, 4.69) is 26.0 Å². The number of hydrogen-bond donors (Lipinski definition) is 1. The second-order valence-corrected chi connectivity index (χ2v) is 5.44. The molecular weight excluding hydrogens is 270 g/mol. The van der Waals surface area contributed by atoms with E-state index in [-0.39, 0.29) is 0 Å². The molecule has 0 unspecified atom stereocenters. The molecule has 16 heavy (non-hydrogen) atoms. The van der Waals surface area contributed by atoms with Gasteiger partial charge in [-0.3, -0.25) is 9.67 Å². The molecule has 84 valence electrons. The zero-order chi connectivity index (χ0) is 11.3. The smallest absolute Gasteiger partial charge is 0.137 e. The minimum Gasteiger partial charge on any atom is -0.390 e. The standard InChI is InChI=1S/C11H12BrN3O/c1-11(16)4-7(5-11)15-9-2-3-13-6-8(9)10(12)14-15/h2-3,6-7,16H,4-5H2,1H3. The number of rotatable bonds is 1. The lowest BCUT2D eigenvalue weighted by molar-refractivity contribution is -0.0531. The predicted octanol–water partition coefficient (Wildman–Crippen LogP) is 2.28. The summed E-state index contributed by atoms with van der Waals surface area (Å²) in [5.41, 5.74) is 0.546. The molecule has 1 aliphatic carbocycles. The van der Waals surface area contributed by atoms with Gasteiger partial charge in [0.1, 0.15) is 4.60 Å². The van der Waals surface area contributed by atoms with Crippen molar-refractivity contribution in [3.63, 3.8) is 0 Å². The Morgan fingerprint density at radius 2 is 2.31 bits per heavy atom. The Morgan fingerprint density at radius 3 is 3.00 bits per heavy atom. The Bertz CT molecular complexity index is 541. The highest BCUT2D eigenvalue weighted by atomic mass is 79.9. The molecule has 1 N–H and O–H groups in total. The summed E-state index contributed by atoms with van der Waals surface area (Å²) in [5, 5.41) is 15.2. The molecule has 0 bridgehead atoms. The van der Waals surface area contributed by atoms with E-state index in [1.165, 1.54) is 0 Å². The molecule has 0 spiro atoms. The van der Waals surface area contributed by atoms with Gasteiger partial charge in [-0.1, -0.05) is 0 Å². The van der Waals surface area contributed by atoms with Crippen LogP contribution in [0.15, 0.2) is 23.1 Å². The lowest BCUT2D eigenvalue weighted by Gasteiger charge is -2.41. The van der Waals surface area contributed by atoms with E-state index in [0.29, 0.717) is 6.04 Å². The third-order valence-corrected chi connectivity index (χ3v) is 3.75. The SMILES string of the molecule is CC1(O)CC(n2nc(Br)c3cnccc32)C1. The second kappa shape index (κ2) is 3.28. The lowest BCUT2D eigenvalue weighted by atomic mass is 9.77. The van der Waals surface area contributed by atoms with Crippen molar-refractivity contribution in [2.75, 3.05) is 0 Å².